The van der Waals surface area contributed by atoms with Crippen molar-refractivity contribution in [1.82, 2.24) is 15.1 Å². The van der Waals surface area contributed by atoms with Gasteiger partial charge in [0.05, 0.1) is 16.1 Å². The van der Waals surface area contributed by atoms with E-state index in [1.807, 2.05) is 37.3 Å². The van der Waals surface area contributed by atoms with Crippen molar-refractivity contribution in [3.05, 3.63) is 82.1 Å². The minimum atomic E-state index is -0.254. The zero-order chi connectivity index (χ0) is 18.5. The first-order valence-corrected chi connectivity index (χ1v) is 8.76. The van der Waals surface area contributed by atoms with Gasteiger partial charge in [-0.25, -0.2) is 4.68 Å². The van der Waals surface area contributed by atoms with E-state index in [4.69, 9.17) is 27.9 Å². The third-order valence-electron chi connectivity index (χ3n) is 3.78. The number of aromatic nitrogens is 2. The molecule has 0 aliphatic carbocycles. The van der Waals surface area contributed by atoms with E-state index in [0.29, 0.717) is 21.5 Å². The molecule has 1 unspecified atom stereocenters. The number of nitrogens with zero attached hydrogens (tertiary/aromatic N) is 2. The molecular weight excluding hydrogens is 373 g/mol. The van der Waals surface area contributed by atoms with Gasteiger partial charge in [0.15, 0.2) is 12.5 Å². The summed E-state index contributed by atoms with van der Waals surface area (Å²) in [5.41, 5.74) is 1.33. The number of nitrogens with one attached hydrogen (secondary N) is 1. The van der Waals surface area contributed by atoms with Gasteiger partial charge in [0.25, 0.3) is 5.91 Å². The molecule has 5 nitrogen and oxygen atoms in total. The van der Waals surface area contributed by atoms with E-state index in [1.165, 1.54) is 4.68 Å². The maximum Gasteiger partial charge on any atom is 0.272 e. The second-order valence-electron chi connectivity index (χ2n) is 5.67. The number of ether oxygens (including phenoxy) is 1. The Morgan fingerprint density at radius 1 is 1.12 bits per heavy atom. The topological polar surface area (TPSA) is 56.2 Å². The lowest BCUT2D eigenvalue weighted by molar-refractivity contribution is 0.0932. The quantitative estimate of drug-likeness (QED) is 0.663. The van der Waals surface area contributed by atoms with Gasteiger partial charge in [0.1, 0.15) is 5.69 Å². The number of hydrogen-bond acceptors (Lipinski definition) is 3. The van der Waals surface area contributed by atoms with Crippen LogP contribution in [0.5, 0.6) is 5.75 Å². The van der Waals surface area contributed by atoms with Crippen molar-refractivity contribution < 1.29 is 9.53 Å². The molecule has 1 N–H and O–H groups in total. The normalized spacial score (nSPS) is 11.8. The van der Waals surface area contributed by atoms with Gasteiger partial charge in [-0.2, -0.15) is 5.10 Å². The van der Waals surface area contributed by atoms with Crippen LogP contribution in [0, 0.1) is 0 Å². The molecule has 1 heterocycles. The van der Waals surface area contributed by atoms with Crippen LogP contribution in [0.15, 0.2) is 60.8 Å². The molecule has 1 aromatic heterocycles. The second kappa shape index (κ2) is 8.25. The van der Waals surface area contributed by atoms with Gasteiger partial charge in [-0.15, -0.1) is 0 Å². The fourth-order valence-electron chi connectivity index (χ4n) is 2.40. The molecule has 3 aromatic rings. The van der Waals surface area contributed by atoms with Crippen LogP contribution >= 0.6 is 23.2 Å². The molecule has 0 fully saturated rings. The van der Waals surface area contributed by atoms with E-state index < -0.39 is 0 Å². The van der Waals surface area contributed by atoms with Gasteiger partial charge in [-0.1, -0.05) is 59.6 Å². The molecule has 0 aliphatic heterocycles. The zero-order valence-electron chi connectivity index (χ0n) is 14.0. The van der Waals surface area contributed by atoms with Crippen molar-refractivity contribution in [1.29, 1.82) is 0 Å². The molecular formula is C19H17Cl2N3O2. The Morgan fingerprint density at radius 3 is 2.50 bits per heavy atom. The number of benzene rings is 2. The summed E-state index contributed by atoms with van der Waals surface area (Å²) >= 11 is 12.1. The minimum absolute atomic E-state index is 0.0883. The SMILES string of the molecule is CC(NC(=O)c1ccn(COc2c(Cl)cccc2Cl)n1)c1ccccc1. The summed E-state index contributed by atoms with van der Waals surface area (Å²) in [4.78, 5) is 12.4. The molecule has 1 amide bonds. The summed E-state index contributed by atoms with van der Waals surface area (Å²) in [6.45, 7) is 2.01. The van der Waals surface area contributed by atoms with E-state index in [9.17, 15) is 4.79 Å². The van der Waals surface area contributed by atoms with Crippen molar-refractivity contribution in [2.24, 2.45) is 0 Å². The van der Waals surface area contributed by atoms with Crippen LogP contribution in [0.1, 0.15) is 29.0 Å². The Morgan fingerprint density at radius 2 is 1.81 bits per heavy atom. The van der Waals surface area contributed by atoms with Crippen molar-refractivity contribution in [2.75, 3.05) is 0 Å². The van der Waals surface area contributed by atoms with Crippen LogP contribution in [0.3, 0.4) is 0 Å². The number of carbonyl (C=O) groups excluding carboxylic acids is 1. The van der Waals surface area contributed by atoms with Gasteiger partial charge >= 0.3 is 0 Å². The van der Waals surface area contributed by atoms with E-state index in [0.717, 1.165) is 5.56 Å². The number of amides is 1. The van der Waals surface area contributed by atoms with E-state index in [2.05, 4.69) is 10.4 Å². The van der Waals surface area contributed by atoms with Crippen LogP contribution in [0.2, 0.25) is 10.0 Å². The average Bonchev–Trinajstić information content (AvgIpc) is 3.11. The lowest BCUT2D eigenvalue weighted by Crippen LogP contribution is -2.27. The molecule has 0 aliphatic rings. The van der Waals surface area contributed by atoms with Crippen LogP contribution in [0.4, 0.5) is 0 Å². The summed E-state index contributed by atoms with van der Waals surface area (Å²) in [7, 11) is 0. The molecule has 2 aromatic carbocycles. The Hall–Kier alpha value is -2.50. The molecule has 26 heavy (non-hydrogen) atoms. The van der Waals surface area contributed by atoms with E-state index in [1.54, 1.807) is 30.5 Å². The monoisotopic (exact) mass is 389 g/mol. The fraction of sp³-hybridized carbons (Fsp3) is 0.158. The van der Waals surface area contributed by atoms with E-state index >= 15 is 0 Å². The number of rotatable bonds is 6. The van der Waals surface area contributed by atoms with Crippen molar-refractivity contribution in [3.63, 3.8) is 0 Å². The molecule has 3 rings (SSSR count). The summed E-state index contributed by atoms with van der Waals surface area (Å²) < 4.78 is 7.10. The Labute approximate surface area is 161 Å². The molecule has 134 valence electrons. The summed E-state index contributed by atoms with van der Waals surface area (Å²) in [5, 5.41) is 7.98. The van der Waals surface area contributed by atoms with Gasteiger partial charge in [0, 0.05) is 6.20 Å². The standard InChI is InChI=1S/C19H17Cl2N3O2/c1-13(14-6-3-2-4-7-14)22-19(25)17-10-11-24(23-17)12-26-18-15(20)8-5-9-16(18)21/h2-11,13H,12H2,1H3,(H,22,25). The number of halogens is 2. The van der Waals surface area contributed by atoms with Crippen molar-refractivity contribution >= 4 is 29.1 Å². The third-order valence-corrected chi connectivity index (χ3v) is 4.38. The van der Waals surface area contributed by atoms with Crippen molar-refractivity contribution in [2.45, 2.75) is 19.7 Å². The third kappa shape index (κ3) is 4.36. The van der Waals surface area contributed by atoms with Crippen LogP contribution in [0.25, 0.3) is 0 Å². The molecule has 1 atom stereocenters. The smallest absolute Gasteiger partial charge is 0.272 e. The Bertz CT molecular complexity index is 877. The molecule has 0 bridgehead atoms. The zero-order valence-corrected chi connectivity index (χ0v) is 15.5. The molecule has 0 radical (unpaired) electrons. The van der Waals surface area contributed by atoms with E-state index in [-0.39, 0.29) is 18.7 Å². The molecule has 0 saturated carbocycles. The number of para-hydroxylation sites is 1. The highest BCUT2D eigenvalue weighted by molar-refractivity contribution is 6.37. The Balaban J connectivity index is 1.61. The van der Waals surface area contributed by atoms with Crippen LogP contribution < -0.4 is 10.1 Å². The molecule has 7 heteroatoms. The molecule has 0 spiro atoms. The van der Waals surface area contributed by atoms with Crippen molar-refractivity contribution in [3.8, 4) is 5.75 Å². The predicted octanol–water partition coefficient (Wildman–Crippen LogP) is 4.72. The van der Waals surface area contributed by atoms with Gasteiger partial charge < -0.3 is 10.1 Å². The summed E-state index contributed by atoms with van der Waals surface area (Å²) in [5.74, 6) is 0.130. The lowest BCUT2D eigenvalue weighted by Gasteiger charge is -2.13. The van der Waals surface area contributed by atoms with Gasteiger partial charge in [-0.3, -0.25) is 4.79 Å². The second-order valence-corrected chi connectivity index (χ2v) is 6.48. The lowest BCUT2D eigenvalue weighted by atomic mass is 10.1. The van der Waals surface area contributed by atoms with Gasteiger partial charge in [-0.05, 0) is 30.7 Å². The molecule has 0 saturated heterocycles. The van der Waals surface area contributed by atoms with Crippen LogP contribution in [-0.2, 0) is 6.73 Å². The maximum absolute atomic E-state index is 12.4. The highest BCUT2D eigenvalue weighted by atomic mass is 35.5. The first kappa shape index (κ1) is 18.3. The highest BCUT2D eigenvalue weighted by Crippen LogP contribution is 2.32. The average molecular weight is 390 g/mol. The summed E-state index contributed by atoms with van der Waals surface area (Å²) in [6.07, 6.45) is 1.66. The van der Waals surface area contributed by atoms with Crippen LogP contribution in [-0.4, -0.2) is 15.7 Å². The summed E-state index contributed by atoms with van der Waals surface area (Å²) in [6, 6.07) is 16.4. The van der Waals surface area contributed by atoms with Gasteiger partial charge in [0.2, 0.25) is 0 Å². The minimum Gasteiger partial charge on any atom is -0.468 e. The first-order chi connectivity index (χ1) is 12.5. The first-order valence-electron chi connectivity index (χ1n) is 8.00. The maximum atomic E-state index is 12.4. The number of hydrogen-bond donors (Lipinski definition) is 1. The Kier molecular flexibility index (Phi) is 5.81. The predicted molar refractivity (Wildman–Crippen MR) is 102 cm³/mol. The largest absolute Gasteiger partial charge is 0.468 e. The highest BCUT2D eigenvalue weighted by Gasteiger charge is 2.14. The number of carbonyl (C=O) groups is 1. The fourth-order valence-corrected chi connectivity index (χ4v) is 2.91.